The first-order chi connectivity index (χ1) is 10.1. The molecule has 0 aromatic carbocycles. The zero-order valence-corrected chi connectivity index (χ0v) is 13.3. The highest BCUT2D eigenvalue weighted by Gasteiger charge is 2.22. The topological polar surface area (TPSA) is 131 Å². The number of aliphatic hydroxyl groups is 2. The van der Waals surface area contributed by atoms with Crippen LogP contribution in [0, 0.1) is 6.92 Å². The second kappa shape index (κ2) is 7.37. The molecular weight excluding hydrogens is 288 g/mol. The molecule has 2 atom stereocenters. The molecule has 1 amide bonds. The maximum atomic E-state index is 11.5. The number of rotatable bonds is 5. The Bertz CT molecular complexity index is 516. The first-order valence-corrected chi connectivity index (χ1v) is 7.02. The molecule has 1 heterocycles. The molecule has 0 aliphatic heterocycles. The average Bonchev–Trinajstić information content (AvgIpc) is 2.35. The van der Waals surface area contributed by atoms with E-state index in [4.69, 9.17) is 10.5 Å². The minimum absolute atomic E-state index is 0.106. The van der Waals surface area contributed by atoms with Crippen LogP contribution in [0.4, 0.5) is 10.7 Å². The molecule has 0 bridgehead atoms. The van der Waals surface area contributed by atoms with Crippen LogP contribution in [0.5, 0.6) is 0 Å². The predicted octanol–water partition coefficient (Wildman–Crippen LogP) is 0.676. The number of nitrogen functional groups attached to an aromatic ring is 1. The lowest BCUT2D eigenvalue weighted by atomic mass is 10.0. The second-order valence-corrected chi connectivity index (χ2v) is 6.00. The van der Waals surface area contributed by atoms with E-state index in [1.807, 2.05) is 0 Å². The van der Waals surface area contributed by atoms with Gasteiger partial charge in [0.25, 0.3) is 0 Å². The molecule has 0 radical (unpaired) electrons. The van der Waals surface area contributed by atoms with Gasteiger partial charge < -0.3 is 26.0 Å². The number of aliphatic hydroxyl groups excluding tert-OH is 2. The molecule has 22 heavy (non-hydrogen) atoms. The number of ether oxygens (including phenoxy) is 1. The summed E-state index contributed by atoms with van der Waals surface area (Å²) in [4.78, 5) is 19.2. The molecule has 0 aliphatic rings. The Morgan fingerprint density at radius 3 is 2.64 bits per heavy atom. The van der Waals surface area contributed by atoms with Crippen molar-refractivity contribution in [2.24, 2.45) is 0 Å². The maximum Gasteiger partial charge on any atom is 0.407 e. The molecule has 0 aliphatic carbocycles. The van der Waals surface area contributed by atoms with Gasteiger partial charge in [-0.25, -0.2) is 14.8 Å². The van der Waals surface area contributed by atoms with Crippen LogP contribution in [0.2, 0.25) is 0 Å². The predicted molar refractivity (Wildman–Crippen MR) is 81.0 cm³/mol. The summed E-state index contributed by atoms with van der Waals surface area (Å²) in [6, 6.07) is 0. The second-order valence-electron chi connectivity index (χ2n) is 6.00. The number of alkyl carbamates (subject to hydrolysis) is 1. The summed E-state index contributed by atoms with van der Waals surface area (Å²) in [6.45, 7) is 7.11. The quantitative estimate of drug-likeness (QED) is 0.628. The van der Waals surface area contributed by atoms with Gasteiger partial charge in [-0.05, 0) is 34.1 Å². The molecule has 2 unspecified atom stereocenters. The smallest absolute Gasteiger partial charge is 0.407 e. The van der Waals surface area contributed by atoms with Gasteiger partial charge in [0.15, 0.2) is 0 Å². The highest BCUT2D eigenvalue weighted by atomic mass is 16.6. The number of hydrogen-bond acceptors (Lipinski definition) is 7. The molecule has 0 saturated carbocycles. The lowest BCUT2D eigenvalue weighted by molar-refractivity contribution is 0.0115. The van der Waals surface area contributed by atoms with E-state index >= 15 is 0 Å². The lowest BCUT2D eigenvalue weighted by Crippen LogP contribution is -2.34. The van der Waals surface area contributed by atoms with E-state index in [2.05, 4.69) is 15.3 Å². The maximum absolute atomic E-state index is 11.5. The largest absolute Gasteiger partial charge is 0.444 e. The van der Waals surface area contributed by atoms with E-state index in [-0.39, 0.29) is 18.9 Å². The summed E-state index contributed by atoms with van der Waals surface area (Å²) in [6.07, 6.45) is -1.25. The SMILES string of the molecule is Cc1nc(N)ncc1C(O)C(O)CCNC(=O)OC(C)(C)C. The molecule has 1 aromatic rings. The Balaban J connectivity index is 2.48. The molecule has 124 valence electrons. The van der Waals surface area contributed by atoms with Crippen LogP contribution in [0.25, 0.3) is 0 Å². The Morgan fingerprint density at radius 2 is 2.09 bits per heavy atom. The summed E-state index contributed by atoms with van der Waals surface area (Å²) in [5, 5.41) is 22.6. The molecule has 0 spiro atoms. The zero-order valence-electron chi connectivity index (χ0n) is 13.3. The van der Waals surface area contributed by atoms with Gasteiger partial charge in [0, 0.05) is 24.0 Å². The summed E-state index contributed by atoms with van der Waals surface area (Å²) in [5.74, 6) is 0.106. The van der Waals surface area contributed by atoms with Crippen molar-refractivity contribution in [1.29, 1.82) is 0 Å². The van der Waals surface area contributed by atoms with E-state index in [0.29, 0.717) is 11.3 Å². The van der Waals surface area contributed by atoms with E-state index in [1.165, 1.54) is 6.20 Å². The summed E-state index contributed by atoms with van der Waals surface area (Å²) >= 11 is 0. The zero-order chi connectivity index (χ0) is 16.9. The number of carbonyl (C=O) groups excluding carboxylic acids is 1. The van der Waals surface area contributed by atoms with Crippen LogP contribution in [0.1, 0.15) is 44.6 Å². The van der Waals surface area contributed by atoms with E-state index in [0.717, 1.165) is 0 Å². The molecule has 8 nitrogen and oxygen atoms in total. The van der Waals surface area contributed by atoms with Crippen LogP contribution in [-0.2, 0) is 4.74 Å². The molecule has 1 rings (SSSR count). The highest BCUT2D eigenvalue weighted by molar-refractivity contribution is 5.67. The first-order valence-electron chi connectivity index (χ1n) is 7.02. The van der Waals surface area contributed by atoms with Crippen molar-refractivity contribution in [3.05, 3.63) is 17.5 Å². The van der Waals surface area contributed by atoms with Gasteiger partial charge in [-0.15, -0.1) is 0 Å². The number of aromatic nitrogens is 2. The summed E-state index contributed by atoms with van der Waals surface area (Å²) in [5.41, 5.74) is 5.76. The van der Waals surface area contributed by atoms with Gasteiger partial charge in [-0.2, -0.15) is 0 Å². The molecule has 8 heteroatoms. The van der Waals surface area contributed by atoms with Crippen LogP contribution in [0.3, 0.4) is 0 Å². The monoisotopic (exact) mass is 312 g/mol. The third-order valence-corrected chi connectivity index (χ3v) is 2.83. The number of amides is 1. The van der Waals surface area contributed by atoms with Gasteiger partial charge in [0.2, 0.25) is 5.95 Å². The minimum Gasteiger partial charge on any atom is -0.444 e. The Labute approximate surface area is 129 Å². The highest BCUT2D eigenvalue weighted by Crippen LogP contribution is 2.20. The Hall–Kier alpha value is -1.93. The number of nitrogens with zero attached hydrogens (tertiary/aromatic N) is 2. The van der Waals surface area contributed by atoms with Crippen LogP contribution < -0.4 is 11.1 Å². The number of nitrogens with two attached hydrogens (primary N) is 1. The fourth-order valence-corrected chi connectivity index (χ4v) is 1.79. The standard InChI is InChI=1S/C14H24N4O4/c1-8-9(7-17-12(15)18-8)11(20)10(19)5-6-16-13(21)22-14(2,3)4/h7,10-11,19-20H,5-6H2,1-4H3,(H,16,21)(H2,15,17,18). The van der Waals surface area contributed by atoms with Gasteiger partial charge >= 0.3 is 6.09 Å². The first kappa shape index (κ1) is 18.1. The van der Waals surface area contributed by atoms with E-state index < -0.39 is 23.9 Å². The van der Waals surface area contributed by atoms with Crippen LogP contribution >= 0.6 is 0 Å². The van der Waals surface area contributed by atoms with Crippen molar-refractivity contribution < 1.29 is 19.7 Å². The average molecular weight is 312 g/mol. The van der Waals surface area contributed by atoms with Crippen LogP contribution in [-0.4, -0.2) is 44.5 Å². The van der Waals surface area contributed by atoms with Crippen molar-refractivity contribution in [3.8, 4) is 0 Å². The summed E-state index contributed by atoms with van der Waals surface area (Å²) < 4.78 is 5.07. The molecule has 1 aromatic heterocycles. The van der Waals surface area contributed by atoms with Gasteiger partial charge in [0.1, 0.15) is 11.7 Å². The molecule has 0 saturated heterocycles. The number of carbonyl (C=O) groups is 1. The Morgan fingerprint density at radius 1 is 1.45 bits per heavy atom. The van der Waals surface area contributed by atoms with Crippen molar-refractivity contribution in [2.45, 2.75) is 51.9 Å². The number of aryl methyl sites for hydroxylation is 1. The molecular formula is C14H24N4O4. The van der Waals surface area contributed by atoms with Crippen LogP contribution in [0.15, 0.2) is 6.20 Å². The van der Waals surface area contributed by atoms with Crippen molar-refractivity contribution >= 4 is 12.0 Å². The van der Waals surface area contributed by atoms with Crippen molar-refractivity contribution in [2.75, 3.05) is 12.3 Å². The third-order valence-electron chi connectivity index (χ3n) is 2.83. The lowest BCUT2D eigenvalue weighted by Gasteiger charge is -2.21. The van der Waals surface area contributed by atoms with Gasteiger partial charge in [-0.3, -0.25) is 0 Å². The normalized spacial score (nSPS) is 14.3. The van der Waals surface area contributed by atoms with Crippen molar-refractivity contribution in [3.63, 3.8) is 0 Å². The van der Waals surface area contributed by atoms with Gasteiger partial charge in [-0.1, -0.05) is 0 Å². The van der Waals surface area contributed by atoms with Crippen molar-refractivity contribution in [1.82, 2.24) is 15.3 Å². The molecule has 5 N–H and O–H groups in total. The number of anilines is 1. The third kappa shape index (κ3) is 5.82. The Kier molecular flexibility index (Phi) is 6.07. The van der Waals surface area contributed by atoms with Gasteiger partial charge in [0.05, 0.1) is 6.10 Å². The number of hydrogen-bond donors (Lipinski definition) is 4. The minimum atomic E-state index is -1.15. The molecule has 0 fully saturated rings. The number of nitrogens with one attached hydrogen (secondary N) is 1. The fourth-order valence-electron chi connectivity index (χ4n) is 1.79. The van der Waals surface area contributed by atoms with E-state index in [9.17, 15) is 15.0 Å². The summed E-state index contributed by atoms with van der Waals surface area (Å²) in [7, 11) is 0. The fraction of sp³-hybridized carbons (Fsp3) is 0.643. The van der Waals surface area contributed by atoms with E-state index in [1.54, 1.807) is 27.7 Å².